The first-order chi connectivity index (χ1) is 10.7. The molecular weight excluding hydrogens is 336 g/mol. The summed E-state index contributed by atoms with van der Waals surface area (Å²) in [4.78, 5) is 4.63. The summed E-state index contributed by atoms with van der Waals surface area (Å²) in [7, 11) is -3.64. The van der Waals surface area contributed by atoms with E-state index >= 15 is 0 Å². The van der Waals surface area contributed by atoms with Crippen molar-refractivity contribution in [3.8, 4) is 0 Å². The van der Waals surface area contributed by atoms with Crippen molar-refractivity contribution in [2.45, 2.75) is 44.0 Å². The number of hydrogen-bond donors (Lipinski definition) is 0. The van der Waals surface area contributed by atoms with Gasteiger partial charge >= 0.3 is 0 Å². The number of fused-ring (bicyclic) bond motifs is 1. The van der Waals surface area contributed by atoms with Gasteiger partial charge in [0.15, 0.2) is 5.89 Å². The van der Waals surface area contributed by atoms with Crippen molar-refractivity contribution in [1.82, 2.24) is 9.29 Å². The summed E-state index contributed by atoms with van der Waals surface area (Å²) in [6.45, 7) is 6.62. The highest BCUT2D eigenvalue weighted by atomic mass is 35.5. The molecule has 0 unspecified atom stereocenters. The molecule has 1 aliphatic heterocycles. The number of nitrogens with zero attached hydrogens (tertiary/aromatic N) is 2. The minimum atomic E-state index is -3.64. The van der Waals surface area contributed by atoms with Gasteiger partial charge in [0.05, 0.1) is 17.3 Å². The Labute approximate surface area is 141 Å². The van der Waals surface area contributed by atoms with Gasteiger partial charge in [-0.1, -0.05) is 44.5 Å². The van der Waals surface area contributed by atoms with Gasteiger partial charge in [0.25, 0.3) is 0 Å². The van der Waals surface area contributed by atoms with Gasteiger partial charge in [-0.05, 0) is 12.1 Å². The third-order valence-corrected chi connectivity index (χ3v) is 6.13. The fourth-order valence-corrected chi connectivity index (χ4v) is 4.39. The molecule has 2 aromatic rings. The molecule has 1 aliphatic rings. The van der Waals surface area contributed by atoms with E-state index in [9.17, 15) is 8.42 Å². The molecule has 1 aromatic carbocycles. The van der Waals surface area contributed by atoms with Crippen LogP contribution in [-0.2, 0) is 28.4 Å². The van der Waals surface area contributed by atoms with Gasteiger partial charge in [-0.15, -0.1) is 0 Å². The smallest absolute Gasteiger partial charge is 0.244 e. The standard InChI is InChI=1S/C16H19ClN2O3S/c1-16(2,3)15-18-12-10-19(9-8-13(12)22-15)23(20,21)14-7-5-4-6-11(14)17/h4-7H,8-10H2,1-3H3. The zero-order valence-electron chi connectivity index (χ0n) is 13.3. The Kier molecular flexibility index (Phi) is 4.02. The van der Waals surface area contributed by atoms with E-state index in [2.05, 4.69) is 4.98 Å². The molecule has 0 saturated heterocycles. The first-order valence-corrected chi connectivity index (χ1v) is 9.25. The van der Waals surface area contributed by atoms with E-state index in [-0.39, 0.29) is 21.9 Å². The monoisotopic (exact) mass is 354 g/mol. The maximum Gasteiger partial charge on any atom is 0.244 e. The van der Waals surface area contributed by atoms with Gasteiger partial charge in [0.1, 0.15) is 10.7 Å². The van der Waals surface area contributed by atoms with Gasteiger partial charge in [0.2, 0.25) is 10.0 Å². The summed E-state index contributed by atoms with van der Waals surface area (Å²) >= 11 is 6.05. The lowest BCUT2D eigenvalue weighted by Gasteiger charge is -2.25. The number of hydrogen-bond acceptors (Lipinski definition) is 4. The SMILES string of the molecule is CC(C)(C)c1nc2c(o1)CCN(S(=O)(=O)c1ccccc1Cl)C2. The zero-order chi connectivity index (χ0) is 16.8. The Balaban J connectivity index is 1.93. The Morgan fingerprint density at radius 3 is 2.61 bits per heavy atom. The molecule has 0 fully saturated rings. The second-order valence-electron chi connectivity index (χ2n) is 6.66. The average molecular weight is 355 g/mol. The van der Waals surface area contributed by atoms with Crippen molar-refractivity contribution >= 4 is 21.6 Å². The number of rotatable bonds is 2. The second-order valence-corrected chi connectivity index (χ2v) is 8.97. The summed E-state index contributed by atoms with van der Waals surface area (Å²) in [6.07, 6.45) is 0.516. The van der Waals surface area contributed by atoms with Crippen molar-refractivity contribution < 1.29 is 12.8 Å². The average Bonchev–Trinajstić information content (AvgIpc) is 2.90. The molecule has 7 heteroatoms. The highest BCUT2D eigenvalue weighted by Crippen LogP contribution is 2.31. The number of aromatic nitrogens is 1. The van der Waals surface area contributed by atoms with Crippen LogP contribution in [0.3, 0.4) is 0 Å². The molecule has 124 valence electrons. The normalized spacial score (nSPS) is 16.3. The van der Waals surface area contributed by atoms with Crippen LogP contribution in [0.2, 0.25) is 5.02 Å². The van der Waals surface area contributed by atoms with Crippen LogP contribution in [0, 0.1) is 0 Å². The summed E-state index contributed by atoms with van der Waals surface area (Å²) in [6, 6.07) is 6.49. The van der Waals surface area contributed by atoms with Gasteiger partial charge in [0, 0.05) is 18.4 Å². The van der Waals surface area contributed by atoms with Crippen molar-refractivity contribution in [2.24, 2.45) is 0 Å². The quantitative estimate of drug-likeness (QED) is 0.829. The van der Waals surface area contributed by atoms with Crippen LogP contribution in [0.1, 0.15) is 38.1 Å². The number of oxazole rings is 1. The Morgan fingerprint density at radius 2 is 1.96 bits per heavy atom. The van der Waals surface area contributed by atoms with Crippen LogP contribution in [0.15, 0.2) is 33.6 Å². The first kappa shape index (κ1) is 16.5. The predicted molar refractivity (Wildman–Crippen MR) is 88.0 cm³/mol. The van der Waals surface area contributed by atoms with E-state index in [4.69, 9.17) is 16.0 Å². The molecule has 0 spiro atoms. The van der Waals surface area contributed by atoms with Gasteiger partial charge in [-0.2, -0.15) is 4.31 Å². The number of sulfonamides is 1. The van der Waals surface area contributed by atoms with Crippen LogP contribution in [0.25, 0.3) is 0 Å². The van der Waals surface area contributed by atoms with Crippen molar-refractivity contribution in [3.05, 3.63) is 46.6 Å². The zero-order valence-corrected chi connectivity index (χ0v) is 14.9. The second kappa shape index (κ2) is 5.61. The minimum absolute atomic E-state index is 0.129. The van der Waals surface area contributed by atoms with E-state index in [1.165, 1.54) is 10.4 Å². The number of benzene rings is 1. The highest BCUT2D eigenvalue weighted by Gasteiger charge is 2.33. The molecule has 0 atom stereocenters. The van der Waals surface area contributed by atoms with Crippen molar-refractivity contribution in [2.75, 3.05) is 6.54 Å². The fourth-order valence-electron chi connectivity index (χ4n) is 2.49. The third kappa shape index (κ3) is 3.03. The Bertz CT molecular complexity index is 837. The molecule has 23 heavy (non-hydrogen) atoms. The first-order valence-electron chi connectivity index (χ1n) is 7.43. The molecule has 0 bridgehead atoms. The maximum absolute atomic E-state index is 12.8. The van der Waals surface area contributed by atoms with Crippen LogP contribution < -0.4 is 0 Å². The Morgan fingerprint density at radius 1 is 1.26 bits per heavy atom. The summed E-state index contributed by atoms with van der Waals surface area (Å²) in [5.74, 6) is 1.42. The molecule has 5 nitrogen and oxygen atoms in total. The lowest BCUT2D eigenvalue weighted by molar-refractivity contribution is 0.338. The van der Waals surface area contributed by atoms with Crippen molar-refractivity contribution in [3.63, 3.8) is 0 Å². The third-order valence-electron chi connectivity index (χ3n) is 3.79. The molecule has 0 amide bonds. The fraction of sp³-hybridized carbons (Fsp3) is 0.438. The van der Waals surface area contributed by atoms with E-state index in [1.807, 2.05) is 20.8 Å². The van der Waals surface area contributed by atoms with Crippen LogP contribution in [-0.4, -0.2) is 24.3 Å². The predicted octanol–water partition coefficient (Wildman–Crippen LogP) is 3.37. The lowest BCUT2D eigenvalue weighted by Crippen LogP contribution is -2.36. The van der Waals surface area contributed by atoms with Crippen LogP contribution in [0.4, 0.5) is 0 Å². The molecule has 0 N–H and O–H groups in total. The van der Waals surface area contributed by atoms with E-state index in [1.54, 1.807) is 18.2 Å². The number of halogens is 1. The lowest BCUT2D eigenvalue weighted by atomic mass is 9.97. The summed E-state index contributed by atoms with van der Waals surface area (Å²) in [5.41, 5.74) is 0.487. The van der Waals surface area contributed by atoms with Gasteiger partial charge in [-0.3, -0.25) is 0 Å². The van der Waals surface area contributed by atoms with E-state index < -0.39 is 10.0 Å². The minimum Gasteiger partial charge on any atom is -0.445 e. The molecule has 2 heterocycles. The maximum atomic E-state index is 12.8. The summed E-state index contributed by atoms with van der Waals surface area (Å²) < 4.78 is 32.8. The van der Waals surface area contributed by atoms with E-state index in [0.717, 1.165) is 5.76 Å². The molecule has 0 saturated carbocycles. The van der Waals surface area contributed by atoms with Crippen LogP contribution >= 0.6 is 11.6 Å². The highest BCUT2D eigenvalue weighted by molar-refractivity contribution is 7.89. The molecule has 1 aromatic heterocycles. The molecule has 0 aliphatic carbocycles. The van der Waals surface area contributed by atoms with Gasteiger partial charge in [-0.25, -0.2) is 13.4 Å². The van der Waals surface area contributed by atoms with Crippen molar-refractivity contribution in [1.29, 1.82) is 0 Å². The van der Waals surface area contributed by atoms with Crippen LogP contribution in [0.5, 0.6) is 0 Å². The molecule has 0 radical (unpaired) electrons. The largest absolute Gasteiger partial charge is 0.445 e. The molecule has 3 rings (SSSR count). The van der Waals surface area contributed by atoms with Gasteiger partial charge < -0.3 is 4.42 Å². The Hall–Kier alpha value is -1.37. The molecular formula is C16H19ClN2O3S. The summed E-state index contributed by atoms with van der Waals surface area (Å²) in [5, 5.41) is 0.230. The topological polar surface area (TPSA) is 63.4 Å². The van der Waals surface area contributed by atoms with E-state index in [0.29, 0.717) is 24.6 Å².